The summed E-state index contributed by atoms with van der Waals surface area (Å²) in [5, 5.41) is 6.28. The first-order valence-corrected chi connectivity index (χ1v) is 6.64. The third-order valence-electron chi connectivity index (χ3n) is 3.01. The van der Waals surface area contributed by atoms with Gasteiger partial charge in [-0.05, 0) is 50.2 Å². The van der Waals surface area contributed by atoms with Crippen LogP contribution in [-0.4, -0.2) is 37.1 Å². The lowest BCUT2D eigenvalue weighted by molar-refractivity contribution is 0.249. The maximum absolute atomic E-state index is 11.6. The molecule has 0 aromatic heterocycles. The van der Waals surface area contributed by atoms with Gasteiger partial charge < -0.3 is 15.5 Å². The molecule has 1 saturated heterocycles. The fourth-order valence-electron chi connectivity index (χ4n) is 2.04. The molecule has 1 aromatic rings. The second-order valence-corrected chi connectivity index (χ2v) is 4.87. The Kier molecular flexibility index (Phi) is 4.84. The molecule has 0 saturated carbocycles. The topological polar surface area (TPSA) is 44.4 Å². The molecule has 18 heavy (non-hydrogen) atoms. The third-order valence-corrected chi connectivity index (χ3v) is 3.27. The highest BCUT2D eigenvalue weighted by atomic mass is 35.5. The molecule has 0 aliphatic carbocycles. The summed E-state index contributed by atoms with van der Waals surface area (Å²) in [6, 6.07) is 6.89. The molecular weight excluding hydrogens is 250 g/mol. The smallest absolute Gasteiger partial charge is 0.319 e. The van der Waals surface area contributed by atoms with E-state index in [2.05, 4.69) is 15.5 Å². The van der Waals surface area contributed by atoms with Crippen molar-refractivity contribution in [2.45, 2.75) is 12.8 Å². The average Bonchev–Trinajstić information content (AvgIpc) is 2.85. The molecule has 0 atom stereocenters. The fourth-order valence-corrected chi connectivity index (χ4v) is 2.17. The molecule has 0 bridgehead atoms. The second-order valence-electron chi connectivity index (χ2n) is 4.44. The Morgan fingerprint density at radius 2 is 1.89 bits per heavy atom. The van der Waals surface area contributed by atoms with Gasteiger partial charge in [0.1, 0.15) is 0 Å². The van der Waals surface area contributed by atoms with Crippen LogP contribution in [0.2, 0.25) is 5.02 Å². The van der Waals surface area contributed by atoms with Crippen molar-refractivity contribution in [2.75, 3.05) is 31.5 Å². The van der Waals surface area contributed by atoms with Gasteiger partial charge in [0, 0.05) is 23.8 Å². The zero-order valence-corrected chi connectivity index (χ0v) is 11.0. The van der Waals surface area contributed by atoms with Gasteiger partial charge in [0.15, 0.2) is 0 Å². The van der Waals surface area contributed by atoms with E-state index >= 15 is 0 Å². The fraction of sp³-hybridized carbons (Fsp3) is 0.462. The number of hydrogen-bond donors (Lipinski definition) is 2. The van der Waals surface area contributed by atoms with Crippen LogP contribution in [0.15, 0.2) is 24.3 Å². The highest BCUT2D eigenvalue weighted by Gasteiger charge is 2.10. The van der Waals surface area contributed by atoms with Crippen LogP contribution in [0.3, 0.4) is 0 Å². The van der Waals surface area contributed by atoms with Gasteiger partial charge in [0.25, 0.3) is 0 Å². The van der Waals surface area contributed by atoms with Crippen LogP contribution in [0, 0.1) is 0 Å². The van der Waals surface area contributed by atoms with Crippen LogP contribution < -0.4 is 10.6 Å². The van der Waals surface area contributed by atoms with Gasteiger partial charge in [-0.1, -0.05) is 11.6 Å². The van der Waals surface area contributed by atoms with Crippen LogP contribution in [0.4, 0.5) is 10.5 Å². The molecule has 1 fully saturated rings. The number of hydrogen-bond acceptors (Lipinski definition) is 2. The number of carbonyl (C=O) groups is 1. The van der Waals surface area contributed by atoms with E-state index in [9.17, 15) is 4.79 Å². The number of nitrogens with one attached hydrogen (secondary N) is 2. The normalized spacial score (nSPS) is 15.6. The van der Waals surface area contributed by atoms with Crippen molar-refractivity contribution < 1.29 is 4.79 Å². The zero-order chi connectivity index (χ0) is 12.8. The molecule has 1 aromatic carbocycles. The number of nitrogens with zero attached hydrogens (tertiary/aromatic N) is 1. The van der Waals surface area contributed by atoms with E-state index in [1.54, 1.807) is 24.3 Å². The van der Waals surface area contributed by atoms with Crippen molar-refractivity contribution in [2.24, 2.45) is 0 Å². The molecular formula is C13H18ClN3O. The van der Waals surface area contributed by atoms with Crippen molar-refractivity contribution >= 4 is 23.3 Å². The number of carbonyl (C=O) groups excluding carboxylic acids is 1. The third kappa shape index (κ3) is 4.20. The quantitative estimate of drug-likeness (QED) is 0.881. The Morgan fingerprint density at radius 1 is 1.22 bits per heavy atom. The molecule has 1 aliphatic rings. The van der Waals surface area contributed by atoms with Crippen LogP contribution in [0.5, 0.6) is 0 Å². The van der Waals surface area contributed by atoms with Gasteiger partial charge in [0.05, 0.1) is 0 Å². The van der Waals surface area contributed by atoms with E-state index in [1.165, 1.54) is 12.8 Å². The first kappa shape index (κ1) is 13.2. The second kappa shape index (κ2) is 6.61. The van der Waals surface area contributed by atoms with E-state index in [4.69, 9.17) is 11.6 Å². The number of halogens is 1. The Balaban J connectivity index is 1.66. The van der Waals surface area contributed by atoms with Crippen molar-refractivity contribution in [3.63, 3.8) is 0 Å². The number of anilines is 1. The Bertz CT molecular complexity index is 388. The summed E-state index contributed by atoms with van der Waals surface area (Å²) in [5.74, 6) is 0. The molecule has 5 heteroatoms. The van der Waals surface area contributed by atoms with Crippen molar-refractivity contribution in [1.82, 2.24) is 10.2 Å². The molecule has 0 spiro atoms. The minimum absolute atomic E-state index is 0.170. The van der Waals surface area contributed by atoms with Gasteiger partial charge in [-0.15, -0.1) is 0 Å². The highest BCUT2D eigenvalue weighted by molar-refractivity contribution is 6.30. The van der Waals surface area contributed by atoms with Crippen molar-refractivity contribution in [1.29, 1.82) is 0 Å². The average molecular weight is 268 g/mol. The van der Waals surface area contributed by atoms with Crippen LogP contribution in [-0.2, 0) is 0 Å². The van der Waals surface area contributed by atoms with Crippen LogP contribution >= 0.6 is 11.6 Å². The van der Waals surface area contributed by atoms with Gasteiger partial charge in [-0.25, -0.2) is 4.79 Å². The number of urea groups is 1. The van der Waals surface area contributed by atoms with E-state index in [-0.39, 0.29) is 6.03 Å². The minimum atomic E-state index is -0.170. The summed E-state index contributed by atoms with van der Waals surface area (Å²) in [7, 11) is 0. The summed E-state index contributed by atoms with van der Waals surface area (Å²) in [5.41, 5.74) is 0.748. The number of amides is 2. The first-order chi connectivity index (χ1) is 8.74. The number of likely N-dealkylation sites (tertiary alicyclic amines) is 1. The maximum atomic E-state index is 11.6. The van der Waals surface area contributed by atoms with Gasteiger partial charge in [-0.3, -0.25) is 0 Å². The minimum Gasteiger partial charge on any atom is -0.337 e. The predicted molar refractivity (Wildman–Crippen MR) is 74.1 cm³/mol. The predicted octanol–water partition coefficient (Wildman–Crippen LogP) is 2.56. The Morgan fingerprint density at radius 3 is 2.56 bits per heavy atom. The lowest BCUT2D eigenvalue weighted by atomic mass is 10.3. The molecule has 1 aliphatic heterocycles. The monoisotopic (exact) mass is 267 g/mol. The largest absolute Gasteiger partial charge is 0.337 e. The SMILES string of the molecule is O=C(NCCN1CCCC1)Nc1ccc(Cl)cc1. The summed E-state index contributed by atoms with van der Waals surface area (Å²) < 4.78 is 0. The van der Waals surface area contributed by atoms with Crippen molar-refractivity contribution in [3.05, 3.63) is 29.3 Å². The summed E-state index contributed by atoms with van der Waals surface area (Å²) >= 11 is 5.77. The van der Waals surface area contributed by atoms with E-state index in [0.717, 1.165) is 25.3 Å². The lowest BCUT2D eigenvalue weighted by Gasteiger charge is -2.15. The standard InChI is InChI=1S/C13H18ClN3O/c14-11-3-5-12(6-4-11)16-13(18)15-7-10-17-8-1-2-9-17/h3-6H,1-2,7-10H2,(H2,15,16,18). The molecule has 98 valence electrons. The molecule has 0 unspecified atom stereocenters. The summed E-state index contributed by atoms with van der Waals surface area (Å²) in [4.78, 5) is 14.0. The first-order valence-electron chi connectivity index (χ1n) is 6.27. The number of rotatable bonds is 4. The van der Waals surface area contributed by atoms with E-state index in [0.29, 0.717) is 11.6 Å². The Labute approximate surface area is 112 Å². The maximum Gasteiger partial charge on any atom is 0.319 e. The van der Waals surface area contributed by atoms with Crippen molar-refractivity contribution in [3.8, 4) is 0 Å². The van der Waals surface area contributed by atoms with Gasteiger partial charge in [0.2, 0.25) is 0 Å². The van der Waals surface area contributed by atoms with Gasteiger partial charge in [-0.2, -0.15) is 0 Å². The van der Waals surface area contributed by atoms with E-state index in [1.807, 2.05) is 0 Å². The molecule has 0 radical (unpaired) electrons. The lowest BCUT2D eigenvalue weighted by Crippen LogP contribution is -2.35. The molecule has 4 nitrogen and oxygen atoms in total. The summed E-state index contributed by atoms with van der Waals surface area (Å²) in [6.45, 7) is 3.91. The van der Waals surface area contributed by atoms with E-state index < -0.39 is 0 Å². The molecule has 2 rings (SSSR count). The van der Waals surface area contributed by atoms with Crippen LogP contribution in [0.1, 0.15) is 12.8 Å². The molecule has 2 N–H and O–H groups in total. The number of benzene rings is 1. The highest BCUT2D eigenvalue weighted by Crippen LogP contribution is 2.13. The summed E-state index contributed by atoms with van der Waals surface area (Å²) in [6.07, 6.45) is 2.55. The molecule has 1 heterocycles. The van der Waals surface area contributed by atoms with Crippen LogP contribution in [0.25, 0.3) is 0 Å². The molecule has 2 amide bonds. The Hall–Kier alpha value is -1.26. The zero-order valence-electron chi connectivity index (χ0n) is 10.3. The van der Waals surface area contributed by atoms with Gasteiger partial charge >= 0.3 is 6.03 Å².